The molecule has 10 nitrogen and oxygen atoms in total. The van der Waals surface area contributed by atoms with Crippen LogP contribution in [0.3, 0.4) is 0 Å². The molecule has 0 aliphatic carbocycles. The lowest BCUT2D eigenvalue weighted by molar-refractivity contribution is -0.143. The Balaban J connectivity index is 2.90. The van der Waals surface area contributed by atoms with Gasteiger partial charge in [-0.3, -0.25) is 14.4 Å². The second-order valence-electron chi connectivity index (χ2n) is 8.55. The summed E-state index contributed by atoms with van der Waals surface area (Å²) in [7, 11) is 0. The second-order valence-corrected chi connectivity index (χ2v) is 9.53. The van der Waals surface area contributed by atoms with Gasteiger partial charge in [-0.1, -0.05) is 20.3 Å². The van der Waals surface area contributed by atoms with Gasteiger partial charge in [-0.25, -0.2) is 4.79 Å². The first-order valence-electron chi connectivity index (χ1n) is 11.8. The van der Waals surface area contributed by atoms with Crippen LogP contribution in [0, 0.1) is 5.92 Å². The SMILES string of the molecule is CCC(C)C(NC(=O)C(CCSC)NC(=O)C(CCCCN)NC(=O)C1CCCN1)C(=O)O. The summed E-state index contributed by atoms with van der Waals surface area (Å²) < 4.78 is 0. The summed E-state index contributed by atoms with van der Waals surface area (Å²) in [5.74, 6) is -1.97. The highest BCUT2D eigenvalue weighted by atomic mass is 32.2. The van der Waals surface area contributed by atoms with Crippen molar-refractivity contribution in [3.05, 3.63) is 0 Å². The van der Waals surface area contributed by atoms with Crippen LogP contribution in [0.15, 0.2) is 0 Å². The molecule has 1 rings (SSSR count). The van der Waals surface area contributed by atoms with E-state index < -0.39 is 35.9 Å². The minimum atomic E-state index is -1.11. The van der Waals surface area contributed by atoms with Gasteiger partial charge in [-0.05, 0) is 69.5 Å². The molecule has 1 aliphatic rings. The van der Waals surface area contributed by atoms with Crippen molar-refractivity contribution < 1.29 is 24.3 Å². The maximum atomic E-state index is 13.1. The van der Waals surface area contributed by atoms with Crippen LogP contribution in [0.2, 0.25) is 0 Å². The molecular formula is C22H41N5O5S. The summed E-state index contributed by atoms with van der Waals surface area (Å²) in [4.78, 5) is 50.2. The summed E-state index contributed by atoms with van der Waals surface area (Å²) in [5.41, 5.74) is 5.57. The first kappa shape index (κ1) is 29.2. The molecule has 0 bridgehead atoms. The molecule has 33 heavy (non-hydrogen) atoms. The Bertz CT molecular complexity index is 645. The predicted octanol–water partition coefficient (Wildman–Crippen LogP) is 0.206. The average Bonchev–Trinajstić information content (AvgIpc) is 3.33. The Kier molecular flexibility index (Phi) is 14.1. The average molecular weight is 488 g/mol. The zero-order chi connectivity index (χ0) is 24.8. The van der Waals surface area contributed by atoms with Crippen molar-refractivity contribution in [2.75, 3.05) is 25.1 Å². The van der Waals surface area contributed by atoms with E-state index in [1.54, 1.807) is 6.92 Å². The summed E-state index contributed by atoms with van der Waals surface area (Å²) in [6.45, 7) is 4.86. The quantitative estimate of drug-likeness (QED) is 0.168. The van der Waals surface area contributed by atoms with Gasteiger partial charge in [0.15, 0.2) is 0 Å². The van der Waals surface area contributed by atoms with Crippen molar-refractivity contribution in [3.8, 4) is 0 Å². The molecule has 5 unspecified atom stereocenters. The summed E-state index contributed by atoms with van der Waals surface area (Å²) in [6.07, 6.45) is 6.22. The predicted molar refractivity (Wildman–Crippen MR) is 130 cm³/mol. The topological polar surface area (TPSA) is 163 Å². The fraction of sp³-hybridized carbons (Fsp3) is 0.818. The smallest absolute Gasteiger partial charge is 0.326 e. The molecule has 0 spiro atoms. The van der Waals surface area contributed by atoms with Crippen molar-refractivity contribution in [2.45, 2.75) is 83.0 Å². The summed E-state index contributed by atoms with van der Waals surface area (Å²) in [6, 6.07) is -3.04. The maximum Gasteiger partial charge on any atom is 0.326 e. The molecule has 1 saturated heterocycles. The number of rotatable bonds is 16. The number of carbonyl (C=O) groups excluding carboxylic acids is 3. The van der Waals surface area contributed by atoms with E-state index in [-0.39, 0.29) is 17.9 Å². The van der Waals surface area contributed by atoms with Crippen molar-refractivity contribution in [1.29, 1.82) is 0 Å². The third-order valence-corrected chi connectivity index (χ3v) is 6.62. The number of carboxylic acid groups (broad SMARTS) is 1. The third kappa shape index (κ3) is 10.3. The van der Waals surface area contributed by atoms with Gasteiger partial charge in [0.05, 0.1) is 6.04 Å². The van der Waals surface area contributed by atoms with Gasteiger partial charge >= 0.3 is 5.97 Å². The van der Waals surface area contributed by atoms with Crippen LogP contribution in [-0.2, 0) is 19.2 Å². The van der Waals surface area contributed by atoms with Gasteiger partial charge in [0.2, 0.25) is 17.7 Å². The lowest BCUT2D eigenvalue weighted by Crippen LogP contribution is -2.57. The van der Waals surface area contributed by atoms with E-state index in [9.17, 15) is 24.3 Å². The second kappa shape index (κ2) is 15.9. The first-order chi connectivity index (χ1) is 15.7. The van der Waals surface area contributed by atoms with Gasteiger partial charge in [0, 0.05) is 0 Å². The summed E-state index contributed by atoms with van der Waals surface area (Å²) >= 11 is 1.52. The molecule has 1 fully saturated rings. The van der Waals surface area contributed by atoms with E-state index in [0.717, 1.165) is 13.0 Å². The molecule has 7 N–H and O–H groups in total. The molecule has 1 aliphatic heterocycles. The lowest BCUT2D eigenvalue weighted by atomic mass is 9.98. The highest BCUT2D eigenvalue weighted by Crippen LogP contribution is 2.11. The van der Waals surface area contributed by atoms with Crippen molar-refractivity contribution >= 4 is 35.5 Å². The number of hydrogen-bond acceptors (Lipinski definition) is 7. The van der Waals surface area contributed by atoms with Gasteiger partial charge in [-0.2, -0.15) is 11.8 Å². The molecule has 0 radical (unpaired) electrons. The first-order valence-corrected chi connectivity index (χ1v) is 13.2. The zero-order valence-electron chi connectivity index (χ0n) is 20.0. The van der Waals surface area contributed by atoms with Gasteiger partial charge in [-0.15, -0.1) is 0 Å². The van der Waals surface area contributed by atoms with Crippen LogP contribution in [0.1, 0.15) is 58.8 Å². The van der Waals surface area contributed by atoms with E-state index in [4.69, 9.17) is 5.73 Å². The lowest BCUT2D eigenvalue weighted by Gasteiger charge is -2.26. The molecule has 11 heteroatoms. The van der Waals surface area contributed by atoms with Crippen LogP contribution in [0.4, 0.5) is 0 Å². The van der Waals surface area contributed by atoms with E-state index in [1.165, 1.54) is 11.8 Å². The minimum absolute atomic E-state index is 0.228. The molecule has 0 saturated carbocycles. The normalized spacial score (nSPS) is 19.2. The number of unbranched alkanes of at least 4 members (excludes halogenated alkanes) is 1. The summed E-state index contributed by atoms with van der Waals surface area (Å²) in [5, 5.41) is 20.8. The van der Waals surface area contributed by atoms with Crippen LogP contribution >= 0.6 is 11.8 Å². The number of carbonyl (C=O) groups is 4. The fourth-order valence-corrected chi connectivity index (χ4v) is 4.13. The number of nitrogens with one attached hydrogen (secondary N) is 4. The molecule has 1 heterocycles. The number of aliphatic carboxylic acids is 1. The largest absolute Gasteiger partial charge is 0.480 e. The van der Waals surface area contributed by atoms with Crippen LogP contribution in [-0.4, -0.2) is 78.1 Å². The van der Waals surface area contributed by atoms with E-state index in [2.05, 4.69) is 21.3 Å². The third-order valence-electron chi connectivity index (χ3n) is 5.98. The van der Waals surface area contributed by atoms with E-state index >= 15 is 0 Å². The monoisotopic (exact) mass is 487 g/mol. The molecule has 0 aromatic rings. The number of carboxylic acids is 1. The van der Waals surface area contributed by atoms with Crippen molar-refractivity contribution in [2.24, 2.45) is 11.7 Å². The molecule has 190 valence electrons. The van der Waals surface area contributed by atoms with Crippen molar-refractivity contribution in [1.82, 2.24) is 21.3 Å². The van der Waals surface area contributed by atoms with E-state index in [1.807, 2.05) is 13.2 Å². The van der Waals surface area contributed by atoms with E-state index in [0.29, 0.717) is 50.8 Å². The zero-order valence-corrected chi connectivity index (χ0v) is 20.8. The highest BCUT2D eigenvalue weighted by molar-refractivity contribution is 7.98. The highest BCUT2D eigenvalue weighted by Gasteiger charge is 2.32. The molecule has 3 amide bonds. The van der Waals surface area contributed by atoms with Gasteiger partial charge < -0.3 is 32.1 Å². The number of amides is 3. The number of hydrogen-bond donors (Lipinski definition) is 6. The standard InChI is InChI=1S/C22H41N5O5S/c1-4-14(2)18(22(31)32)27-21(30)17(10-13-33-3)26-20(29)16(8-5-6-11-23)25-19(28)15-9-7-12-24-15/h14-18,24H,4-13,23H2,1-3H3,(H,25,28)(H,26,29)(H,27,30)(H,31,32). The molecular weight excluding hydrogens is 446 g/mol. The van der Waals surface area contributed by atoms with Crippen LogP contribution in [0.5, 0.6) is 0 Å². The Hall–Kier alpha value is -1.85. The van der Waals surface area contributed by atoms with Crippen molar-refractivity contribution in [3.63, 3.8) is 0 Å². The van der Waals surface area contributed by atoms with Gasteiger partial charge in [0.25, 0.3) is 0 Å². The molecule has 0 aromatic carbocycles. The van der Waals surface area contributed by atoms with Crippen LogP contribution in [0.25, 0.3) is 0 Å². The van der Waals surface area contributed by atoms with Gasteiger partial charge in [0.1, 0.15) is 18.1 Å². The van der Waals surface area contributed by atoms with Crippen LogP contribution < -0.4 is 27.0 Å². The Labute approximate surface area is 200 Å². The number of nitrogens with two attached hydrogens (primary N) is 1. The fourth-order valence-electron chi connectivity index (χ4n) is 3.66. The Morgan fingerprint density at radius 2 is 1.76 bits per heavy atom. The number of thioether (sulfide) groups is 1. The Morgan fingerprint density at radius 1 is 1.09 bits per heavy atom. The molecule has 5 atom stereocenters. The Morgan fingerprint density at radius 3 is 2.30 bits per heavy atom. The minimum Gasteiger partial charge on any atom is -0.480 e. The molecule has 0 aromatic heterocycles. The maximum absolute atomic E-state index is 13.1.